The lowest BCUT2D eigenvalue weighted by Gasteiger charge is -2.32. The first-order valence-electron chi connectivity index (χ1n) is 7.00. The van der Waals surface area contributed by atoms with Crippen molar-refractivity contribution in [3.63, 3.8) is 0 Å². The van der Waals surface area contributed by atoms with Gasteiger partial charge >= 0.3 is 0 Å². The molecular weight excluding hydrogens is 214 g/mol. The summed E-state index contributed by atoms with van der Waals surface area (Å²) in [5.74, 6) is 0.808. The second kappa shape index (κ2) is 6.36. The van der Waals surface area contributed by atoms with E-state index in [2.05, 4.69) is 22.5 Å². The normalized spacial score (nSPS) is 30.4. The lowest BCUT2D eigenvalue weighted by atomic mass is 10.0. The van der Waals surface area contributed by atoms with Gasteiger partial charge in [-0.2, -0.15) is 0 Å². The Morgan fingerprint density at radius 1 is 1.47 bits per heavy atom. The summed E-state index contributed by atoms with van der Waals surface area (Å²) in [7, 11) is 0. The molecule has 0 spiro atoms. The standard InChI is InChI=1S/C13H25N3O/c1-2-16-7-3-4-12(10-16)15-13(17)8-11-5-6-14-9-11/h11-12,14H,2-10H2,1H3,(H,15,17). The number of carbonyl (C=O) groups excluding carboxylic acids is 1. The quantitative estimate of drug-likeness (QED) is 0.754. The Labute approximate surface area is 104 Å². The fourth-order valence-corrected chi connectivity index (χ4v) is 2.90. The summed E-state index contributed by atoms with van der Waals surface area (Å²) in [4.78, 5) is 14.3. The van der Waals surface area contributed by atoms with Crippen LogP contribution in [0.2, 0.25) is 0 Å². The minimum atomic E-state index is 0.252. The zero-order chi connectivity index (χ0) is 12.1. The summed E-state index contributed by atoms with van der Waals surface area (Å²) in [6, 6.07) is 0.380. The fourth-order valence-electron chi connectivity index (χ4n) is 2.90. The van der Waals surface area contributed by atoms with Gasteiger partial charge in [0.2, 0.25) is 5.91 Å². The number of likely N-dealkylation sites (N-methyl/N-ethyl adjacent to an activating group) is 1. The second-order valence-electron chi connectivity index (χ2n) is 5.36. The first-order valence-corrected chi connectivity index (χ1v) is 7.00. The van der Waals surface area contributed by atoms with Gasteiger partial charge in [0.1, 0.15) is 0 Å². The molecule has 0 aromatic rings. The van der Waals surface area contributed by atoms with E-state index in [0.29, 0.717) is 18.4 Å². The van der Waals surface area contributed by atoms with Crippen molar-refractivity contribution < 1.29 is 4.79 Å². The van der Waals surface area contributed by atoms with Gasteiger partial charge in [0.25, 0.3) is 0 Å². The number of carbonyl (C=O) groups is 1. The van der Waals surface area contributed by atoms with Crippen molar-refractivity contribution in [3.05, 3.63) is 0 Å². The molecule has 2 rings (SSSR count). The molecule has 2 aliphatic rings. The lowest BCUT2D eigenvalue weighted by Crippen LogP contribution is -2.47. The van der Waals surface area contributed by atoms with E-state index in [4.69, 9.17) is 0 Å². The molecule has 1 amide bonds. The van der Waals surface area contributed by atoms with Crippen molar-refractivity contribution in [2.24, 2.45) is 5.92 Å². The highest BCUT2D eigenvalue weighted by molar-refractivity contribution is 5.76. The van der Waals surface area contributed by atoms with Crippen LogP contribution in [0.1, 0.15) is 32.6 Å². The zero-order valence-electron chi connectivity index (χ0n) is 10.9. The highest BCUT2D eigenvalue weighted by Gasteiger charge is 2.22. The van der Waals surface area contributed by atoms with E-state index < -0.39 is 0 Å². The van der Waals surface area contributed by atoms with Crippen molar-refractivity contribution in [1.29, 1.82) is 0 Å². The maximum absolute atomic E-state index is 11.9. The first-order chi connectivity index (χ1) is 8.28. The second-order valence-corrected chi connectivity index (χ2v) is 5.36. The van der Waals surface area contributed by atoms with Crippen LogP contribution in [0, 0.1) is 5.92 Å². The molecule has 0 saturated carbocycles. The number of rotatable bonds is 4. The molecule has 4 heteroatoms. The number of piperidine rings is 1. The molecule has 2 saturated heterocycles. The number of hydrogen-bond acceptors (Lipinski definition) is 3. The molecular formula is C13H25N3O. The largest absolute Gasteiger partial charge is 0.352 e. The van der Waals surface area contributed by atoms with Gasteiger partial charge in [0, 0.05) is 19.0 Å². The molecule has 0 radical (unpaired) electrons. The molecule has 2 N–H and O–H groups in total. The first kappa shape index (κ1) is 12.8. The van der Waals surface area contributed by atoms with Gasteiger partial charge in [0.15, 0.2) is 0 Å². The molecule has 17 heavy (non-hydrogen) atoms. The number of nitrogens with zero attached hydrogens (tertiary/aromatic N) is 1. The van der Waals surface area contributed by atoms with Crippen LogP contribution >= 0.6 is 0 Å². The average molecular weight is 239 g/mol. The molecule has 2 heterocycles. The predicted molar refractivity (Wildman–Crippen MR) is 68.9 cm³/mol. The molecule has 0 aliphatic carbocycles. The van der Waals surface area contributed by atoms with Gasteiger partial charge in [-0.05, 0) is 51.4 Å². The molecule has 98 valence electrons. The monoisotopic (exact) mass is 239 g/mol. The Balaban J connectivity index is 1.70. The van der Waals surface area contributed by atoms with Crippen LogP contribution in [-0.4, -0.2) is 49.6 Å². The van der Waals surface area contributed by atoms with Crippen LogP contribution in [0.25, 0.3) is 0 Å². The molecule has 0 bridgehead atoms. The predicted octanol–water partition coefficient (Wildman–Crippen LogP) is 0.587. The Bertz CT molecular complexity index is 251. The maximum atomic E-state index is 11.9. The van der Waals surface area contributed by atoms with E-state index in [1.54, 1.807) is 0 Å². The number of amides is 1. The van der Waals surface area contributed by atoms with Crippen LogP contribution in [0.5, 0.6) is 0 Å². The highest BCUT2D eigenvalue weighted by atomic mass is 16.1. The van der Waals surface area contributed by atoms with E-state index in [1.165, 1.54) is 13.0 Å². The molecule has 2 atom stereocenters. The third-order valence-corrected chi connectivity index (χ3v) is 3.95. The maximum Gasteiger partial charge on any atom is 0.220 e. The van der Waals surface area contributed by atoms with Crippen molar-refractivity contribution >= 4 is 5.91 Å². The van der Waals surface area contributed by atoms with Gasteiger partial charge in [-0.1, -0.05) is 6.92 Å². The van der Waals surface area contributed by atoms with E-state index in [-0.39, 0.29) is 5.91 Å². The molecule has 2 fully saturated rings. The third-order valence-electron chi connectivity index (χ3n) is 3.95. The van der Waals surface area contributed by atoms with Crippen LogP contribution in [0.15, 0.2) is 0 Å². The smallest absolute Gasteiger partial charge is 0.220 e. The SMILES string of the molecule is CCN1CCCC(NC(=O)CC2CCNC2)C1. The summed E-state index contributed by atoms with van der Waals surface area (Å²) in [6.45, 7) is 7.60. The van der Waals surface area contributed by atoms with Crippen molar-refractivity contribution in [3.8, 4) is 0 Å². The van der Waals surface area contributed by atoms with Crippen molar-refractivity contribution in [1.82, 2.24) is 15.5 Å². The molecule has 0 aromatic carbocycles. The minimum absolute atomic E-state index is 0.252. The molecule has 0 aromatic heterocycles. The molecule has 4 nitrogen and oxygen atoms in total. The summed E-state index contributed by atoms with van der Waals surface area (Å²) < 4.78 is 0. The number of likely N-dealkylation sites (tertiary alicyclic amines) is 1. The molecule has 2 unspecified atom stereocenters. The summed E-state index contributed by atoms with van der Waals surface area (Å²) in [5, 5.41) is 6.51. The summed E-state index contributed by atoms with van der Waals surface area (Å²) in [6.07, 6.45) is 4.21. The highest BCUT2D eigenvalue weighted by Crippen LogP contribution is 2.13. The number of hydrogen-bond donors (Lipinski definition) is 2. The van der Waals surface area contributed by atoms with Gasteiger partial charge in [0.05, 0.1) is 0 Å². The average Bonchev–Trinajstić information content (AvgIpc) is 2.82. The lowest BCUT2D eigenvalue weighted by molar-refractivity contribution is -0.123. The van der Waals surface area contributed by atoms with E-state index in [0.717, 1.165) is 39.0 Å². The van der Waals surface area contributed by atoms with Crippen LogP contribution < -0.4 is 10.6 Å². The Morgan fingerprint density at radius 3 is 3.06 bits per heavy atom. The van der Waals surface area contributed by atoms with E-state index in [1.807, 2.05) is 0 Å². The Hall–Kier alpha value is -0.610. The minimum Gasteiger partial charge on any atom is -0.352 e. The topological polar surface area (TPSA) is 44.4 Å². The van der Waals surface area contributed by atoms with Gasteiger partial charge in [-0.15, -0.1) is 0 Å². The Morgan fingerprint density at radius 2 is 2.35 bits per heavy atom. The Kier molecular flexibility index (Phi) is 4.80. The zero-order valence-corrected chi connectivity index (χ0v) is 10.9. The molecule has 2 aliphatic heterocycles. The van der Waals surface area contributed by atoms with E-state index in [9.17, 15) is 4.79 Å². The van der Waals surface area contributed by atoms with Gasteiger partial charge in [-0.25, -0.2) is 0 Å². The summed E-state index contributed by atoms with van der Waals surface area (Å²) in [5.41, 5.74) is 0. The van der Waals surface area contributed by atoms with Crippen molar-refractivity contribution in [2.75, 3.05) is 32.7 Å². The van der Waals surface area contributed by atoms with E-state index >= 15 is 0 Å². The van der Waals surface area contributed by atoms with Crippen molar-refractivity contribution in [2.45, 2.75) is 38.6 Å². The van der Waals surface area contributed by atoms with Gasteiger partial charge in [-0.3, -0.25) is 4.79 Å². The van der Waals surface area contributed by atoms with Gasteiger partial charge < -0.3 is 15.5 Å². The fraction of sp³-hybridized carbons (Fsp3) is 0.923. The van der Waals surface area contributed by atoms with Crippen LogP contribution in [0.4, 0.5) is 0 Å². The summed E-state index contributed by atoms with van der Waals surface area (Å²) >= 11 is 0. The number of nitrogens with one attached hydrogen (secondary N) is 2. The van der Waals surface area contributed by atoms with Crippen LogP contribution in [0.3, 0.4) is 0 Å². The van der Waals surface area contributed by atoms with Crippen LogP contribution in [-0.2, 0) is 4.79 Å². The third kappa shape index (κ3) is 3.96.